The highest BCUT2D eigenvalue weighted by molar-refractivity contribution is 9.11. The largest absolute Gasteiger partial charge is 0.490 e. The lowest BCUT2D eigenvalue weighted by Crippen LogP contribution is -2.35. The molecule has 0 amide bonds. The van der Waals surface area contributed by atoms with E-state index in [1.54, 1.807) is 0 Å². The predicted octanol–water partition coefficient (Wildman–Crippen LogP) is 5.23. The average molecular weight is 425 g/mol. The normalized spacial score (nSPS) is 11.7. The van der Waals surface area contributed by atoms with Crippen LogP contribution < -0.4 is 10.1 Å². The number of nitrogens with one attached hydrogen (secondary N) is 1. The zero-order chi connectivity index (χ0) is 15.2. The van der Waals surface area contributed by atoms with Crippen molar-refractivity contribution in [1.82, 2.24) is 5.32 Å². The van der Waals surface area contributed by atoms with Crippen LogP contribution >= 0.6 is 43.6 Å². The van der Waals surface area contributed by atoms with Crippen molar-refractivity contribution in [2.75, 3.05) is 18.1 Å². The Labute approximate surface area is 143 Å². The van der Waals surface area contributed by atoms with E-state index in [0.717, 1.165) is 39.4 Å². The topological polar surface area (TPSA) is 21.3 Å². The lowest BCUT2D eigenvalue weighted by atomic mass is 10.1. The van der Waals surface area contributed by atoms with Gasteiger partial charge in [0.15, 0.2) is 0 Å². The molecule has 20 heavy (non-hydrogen) atoms. The van der Waals surface area contributed by atoms with Crippen molar-refractivity contribution < 1.29 is 4.74 Å². The van der Waals surface area contributed by atoms with Crippen LogP contribution in [0.4, 0.5) is 0 Å². The number of hydrogen-bond acceptors (Lipinski definition) is 3. The summed E-state index contributed by atoms with van der Waals surface area (Å²) in [6, 6.07) is 4.23. The van der Waals surface area contributed by atoms with E-state index in [-0.39, 0.29) is 5.54 Å². The van der Waals surface area contributed by atoms with E-state index in [2.05, 4.69) is 77.0 Å². The molecule has 0 atom stereocenters. The van der Waals surface area contributed by atoms with E-state index in [1.807, 2.05) is 11.8 Å². The third-order valence-corrected chi connectivity index (χ3v) is 4.60. The molecule has 2 nitrogen and oxygen atoms in total. The van der Waals surface area contributed by atoms with Crippen molar-refractivity contribution in [1.29, 1.82) is 0 Å². The molecule has 0 unspecified atom stereocenters. The molecule has 0 heterocycles. The summed E-state index contributed by atoms with van der Waals surface area (Å²) < 4.78 is 7.83. The number of benzene rings is 1. The van der Waals surface area contributed by atoms with Crippen LogP contribution in [0.2, 0.25) is 0 Å². The van der Waals surface area contributed by atoms with Gasteiger partial charge in [-0.1, -0.05) is 6.92 Å². The van der Waals surface area contributed by atoms with Crippen LogP contribution in [0.1, 0.15) is 33.3 Å². The van der Waals surface area contributed by atoms with Crippen molar-refractivity contribution in [2.24, 2.45) is 0 Å². The molecule has 1 N–H and O–H groups in total. The van der Waals surface area contributed by atoms with Crippen LogP contribution in [0, 0.1) is 0 Å². The molecule has 0 saturated carbocycles. The molecule has 1 aromatic rings. The monoisotopic (exact) mass is 423 g/mol. The second-order valence-corrected chi connectivity index (χ2v) is 8.64. The quantitative estimate of drug-likeness (QED) is 0.605. The third kappa shape index (κ3) is 6.83. The zero-order valence-electron chi connectivity index (χ0n) is 12.6. The fourth-order valence-electron chi connectivity index (χ4n) is 1.57. The Morgan fingerprint density at radius 2 is 1.80 bits per heavy atom. The van der Waals surface area contributed by atoms with Gasteiger partial charge < -0.3 is 10.1 Å². The van der Waals surface area contributed by atoms with Gasteiger partial charge in [0.05, 0.1) is 15.6 Å². The van der Waals surface area contributed by atoms with Gasteiger partial charge >= 0.3 is 0 Å². The molecule has 0 aliphatic heterocycles. The minimum absolute atomic E-state index is 0.117. The molecule has 0 bridgehead atoms. The lowest BCUT2D eigenvalue weighted by Gasteiger charge is -2.21. The maximum atomic E-state index is 5.84. The van der Waals surface area contributed by atoms with Gasteiger partial charge in [-0.25, -0.2) is 0 Å². The molecule has 5 heteroatoms. The van der Waals surface area contributed by atoms with E-state index in [9.17, 15) is 0 Å². The predicted molar refractivity (Wildman–Crippen MR) is 96.9 cm³/mol. The molecular formula is C15H23Br2NOS. The lowest BCUT2D eigenvalue weighted by molar-refractivity contribution is 0.339. The summed E-state index contributed by atoms with van der Waals surface area (Å²) in [5, 5.41) is 3.49. The van der Waals surface area contributed by atoms with Crippen molar-refractivity contribution in [3.05, 3.63) is 26.6 Å². The molecule has 0 radical (unpaired) electrons. The average Bonchev–Trinajstić information content (AvgIpc) is 2.34. The molecule has 1 rings (SSSR count). The molecule has 1 aromatic carbocycles. The van der Waals surface area contributed by atoms with Gasteiger partial charge in [-0.15, -0.1) is 0 Å². The number of halogens is 2. The summed E-state index contributed by atoms with van der Waals surface area (Å²) in [5.74, 6) is 3.03. The smallest absolute Gasteiger partial charge is 0.147 e. The molecule has 0 saturated heterocycles. The van der Waals surface area contributed by atoms with Crippen LogP contribution in [-0.2, 0) is 6.54 Å². The van der Waals surface area contributed by atoms with E-state index < -0.39 is 0 Å². The van der Waals surface area contributed by atoms with Gasteiger partial charge in [0.2, 0.25) is 0 Å². The Morgan fingerprint density at radius 3 is 2.30 bits per heavy atom. The highest BCUT2D eigenvalue weighted by atomic mass is 79.9. The highest BCUT2D eigenvalue weighted by Gasteiger charge is 2.12. The standard InChI is InChI=1S/C15H23Br2NOS/c1-5-20-7-6-19-14-12(16)8-11(9-13(14)17)10-18-15(2,3)4/h8-9,18H,5-7,10H2,1-4H3. The first-order chi connectivity index (χ1) is 9.33. The first-order valence-corrected chi connectivity index (χ1v) is 9.51. The summed E-state index contributed by atoms with van der Waals surface area (Å²) in [7, 11) is 0. The van der Waals surface area contributed by atoms with Gasteiger partial charge in [0, 0.05) is 17.8 Å². The Kier molecular flexibility index (Phi) is 7.95. The Balaban J connectivity index is 2.66. The highest BCUT2D eigenvalue weighted by Crippen LogP contribution is 2.35. The van der Waals surface area contributed by atoms with Crippen molar-refractivity contribution >= 4 is 43.6 Å². The van der Waals surface area contributed by atoms with Crippen molar-refractivity contribution in [2.45, 2.75) is 39.8 Å². The molecule has 0 fully saturated rings. The van der Waals surface area contributed by atoms with Crippen LogP contribution in [0.25, 0.3) is 0 Å². The molecule has 0 aromatic heterocycles. The van der Waals surface area contributed by atoms with Crippen molar-refractivity contribution in [3.8, 4) is 5.75 Å². The van der Waals surface area contributed by atoms with E-state index in [0.29, 0.717) is 0 Å². The summed E-state index contributed by atoms with van der Waals surface area (Å²) in [4.78, 5) is 0. The van der Waals surface area contributed by atoms with Gasteiger partial charge in [-0.3, -0.25) is 0 Å². The molecule has 0 spiro atoms. The maximum absolute atomic E-state index is 5.84. The van der Waals surface area contributed by atoms with Crippen LogP contribution in [-0.4, -0.2) is 23.7 Å². The van der Waals surface area contributed by atoms with Crippen LogP contribution in [0.3, 0.4) is 0 Å². The minimum atomic E-state index is 0.117. The Bertz CT molecular complexity index is 409. The van der Waals surface area contributed by atoms with Gasteiger partial charge in [-0.05, 0) is 76.1 Å². The summed E-state index contributed by atoms with van der Waals surface area (Å²) in [6.07, 6.45) is 0. The summed E-state index contributed by atoms with van der Waals surface area (Å²) in [5.41, 5.74) is 1.35. The summed E-state index contributed by atoms with van der Waals surface area (Å²) in [6.45, 7) is 10.2. The number of rotatable bonds is 7. The van der Waals surface area contributed by atoms with E-state index in [1.165, 1.54) is 5.56 Å². The van der Waals surface area contributed by atoms with Gasteiger partial charge in [0.25, 0.3) is 0 Å². The van der Waals surface area contributed by atoms with Gasteiger partial charge in [-0.2, -0.15) is 11.8 Å². The first-order valence-electron chi connectivity index (χ1n) is 6.77. The molecular weight excluding hydrogens is 402 g/mol. The zero-order valence-corrected chi connectivity index (χ0v) is 16.5. The second kappa shape index (κ2) is 8.66. The maximum Gasteiger partial charge on any atom is 0.147 e. The third-order valence-electron chi connectivity index (χ3n) is 2.56. The first kappa shape index (κ1) is 18.3. The summed E-state index contributed by atoms with van der Waals surface area (Å²) >= 11 is 9.08. The number of hydrogen-bond donors (Lipinski definition) is 1. The number of ether oxygens (including phenoxy) is 1. The molecule has 0 aliphatic rings. The fraction of sp³-hybridized carbons (Fsp3) is 0.600. The fourth-order valence-corrected chi connectivity index (χ4v) is 3.57. The van der Waals surface area contributed by atoms with Crippen LogP contribution in [0.5, 0.6) is 5.75 Å². The van der Waals surface area contributed by atoms with Gasteiger partial charge in [0.1, 0.15) is 5.75 Å². The number of thioether (sulfide) groups is 1. The van der Waals surface area contributed by atoms with Crippen LogP contribution in [0.15, 0.2) is 21.1 Å². The Morgan fingerprint density at radius 1 is 1.20 bits per heavy atom. The van der Waals surface area contributed by atoms with Crippen molar-refractivity contribution in [3.63, 3.8) is 0 Å². The minimum Gasteiger partial charge on any atom is -0.490 e. The van der Waals surface area contributed by atoms with E-state index >= 15 is 0 Å². The molecule has 0 aliphatic carbocycles. The Hall–Kier alpha value is 0.290. The van der Waals surface area contributed by atoms with E-state index in [4.69, 9.17) is 4.74 Å². The SMILES string of the molecule is CCSCCOc1c(Br)cc(CNC(C)(C)C)cc1Br. The second-order valence-electron chi connectivity index (χ2n) is 5.54. The molecule has 114 valence electrons.